The molecule has 1 aliphatic heterocycles. The Kier molecular flexibility index (Phi) is 2.75. The molecule has 2 saturated carbocycles. The SMILES string of the molecule is c1cc(CCN[C@@H]2[C@@H]3CCO[C@H]3C23CCC3)cs1. The van der Waals surface area contributed by atoms with Gasteiger partial charge in [0.2, 0.25) is 0 Å². The average molecular weight is 263 g/mol. The summed E-state index contributed by atoms with van der Waals surface area (Å²) < 4.78 is 5.95. The molecule has 3 fully saturated rings. The van der Waals surface area contributed by atoms with Gasteiger partial charge >= 0.3 is 0 Å². The Labute approximate surface area is 113 Å². The van der Waals surface area contributed by atoms with E-state index in [9.17, 15) is 0 Å². The molecular formula is C15H21NOS. The number of ether oxygens (including phenoxy) is 1. The Balaban J connectivity index is 1.36. The molecule has 2 heterocycles. The maximum absolute atomic E-state index is 5.95. The first kappa shape index (κ1) is 11.4. The van der Waals surface area contributed by atoms with Crippen LogP contribution in [0.3, 0.4) is 0 Å². The standard InChI is InChI=1S/C15H21NOS/c1-5-15(6-1)13(12-3-8-17-14(12)15)16-7-2-11-4-9-18-10-11/h4,9-10,12-14,16H,1-3,5-8H2/t12-,13+,14+/m0/s1. The zero-order valence-corrected chi connectivity index (χ0v) is 11.5. The summed E-state index contributed by atoms with van der Waals surface area (Å²) in [5.41, 5.74) is 2.02. The third-order valence-electron chi connectivity index (χ3n) is 5.39. The minimum atomic E-state index is 0.538. The van der Waals surface area contributed by atoms with E-state index < -0.39 is 0 Å². The van der Waals surface area contributed by atoms with Gasteiger partial charge in [0.05, 0.1) is 6.10 Å². The first-order valence-electron chi connectivity index (χ1n) is 7.26. The lowest BCUT2D eigenvalue weighted by molar-refractivity contribution is -0.175. The molecule has 0 aromatic carbocycles. The Hall–Kier alpha value is -0.380. The first-order valence-corrected chi connectivity index (χ1v) is 8.20. The summed E-state index contributed by atoms with van der Waals surface area (Å²) in [4.78, 5) is 0. The second-order valence-corrected chi connectivity index (χ2v) is 6.92. The Morgan fingerprint density at radius 1 is 1.44 bits per heavy atom. The highest BCUT2D eigenvalue weighted by Gasteiger charge is 2.66. The van der Waals surface area contributed by atoms with Crippen LogP contribution in [-0.4, -0.2) is 25.3 Å². The van der Waals surface area contributed by atoms with Gasteiger partial charge in [0.15, 0.2) is 0 Å². The van der Waals surface area contributed by atoms with Crippen LogP contribution < -0.4 is 5.32 Å². The highest BCUT2D eigenvalue weighted by Crippen LogP contribution is 2.62. The van der Waals surface area contributed by atoms with Crippen LogP contribution in [-0.2, 0) is 11.2 Å². The molecule has 18 heavy (non-hydrogen) atoms. The molecular weight excluding hydrogens is 242 g/mol. The lowest BCUT2D eigenvalue weighted by atomic mass is 9.46. The van der Waals surface area contributed by atoms with Gasteiger partial charge < -0.3 is 10.1 Å². The van der Waals surface area contributed by atoms with E-state index in [0.29, 0.717) is 11.5 Å². The molecule has 2 nitrogen and oxygen atoms in total. The fourth-order valence-corrected chi connectivity index (χ4v) is 5.07. The molecule has 3 heteroatoms. The van der Waals surface area contributed by atoms with Crippen molar-refractivity contribution in [2.45, 2.75) is 44.2 Å². The van der Waals surface area contributed by atoms with Gasteiger partial charge in [0.1, 0.15) is 0 Å². The first-order chi connectivity index (χ1) is 8.90. The van der Waals surface area contributed by atoms with Gasteiger partial charge in [0.25, 0.3) is 0 Å². The number of nitrogens with one attached hydrogen (secondary N) is 1. The minimum Gasteiger partial charge on any atom is -0.377 e. The van der Waals surface area contributed by atoms with E-state index in [2.05, 4.69) is 22.1 Å². The Morgan fingerprint density at radius 3 is 3.11 bits per heavy atom. The van der Waals surface area contributed by atoms with E-state index in [1.807, 2.05) is 0 Å². The highest BCUT2D eigenvalue weighted by atomic mass is 32.1. The second kappa shape index (κ2) is 4.32. The van der Waals surface area contributed by atoms with Gasteiger partial charge in [0, 0.05) is 24.0 Å². The molecule has 1 N–H and O–H groups in total. The zero-order valence-electron chi connectivity index (χ0n) is 10.7. The van der Waals surface area contributed by atoms with E-state index in [0.717, 1.165) is 25.1 Å². The topological polar surface area (TPSA) is 21.3 Å². The predicted molar refractivity (Wildman–Crippen MR) is 73.9 cm³/mol. The Morgan fingerprint density at radius 2 is 2.39 bits per heavy atom. The molecule has 3 aliphatic rings. The molecule has 0 amide bonds. The summed E-state index contributed by atoms with van der Waals surface area (Å²) in [6.45, 7) is 2.13. The molecule has 1 aromatic rings. The van der Waals surface area contributed by atoms with E-state index >= 15 is 0 Å². The lowest BCUT2D eigenvalue weighted by Gasteiger charge is -2.63. The molecule has 3 atom stereocenters. The van der Waals surface area contributed by atoms with Gasteiger partial charge in [-0.05, 0) is 54.6 Å². The number of fused-ring (bicyclic) bond motifs is 2. The minimum absolute atomic E-state index is 0.538. The van der Waals surface area contributed by atoms with Crippen molar-refractivity contribution in [3.8, 4) is 0 Å². The number of hydrogen-bond donors (Lipinski definition) is 1. The van der Waals surface area contributed by atoms with E-state index in [1.54, 1.807) is 11.3 Å². The van der Waals surface area contributed by atoms with Gasteiger partial charge in [-0.15, -0.1) is 0 Å². The number of thiophene rings is 1. The van der Waals surface area contributed by atoms with Crippen molar-refractivity contribution in [1.29, 1.82) is 0 Å². The van der Waals surface area contributed by atoms with Crippen LogP contribution in [0.25, 0.3) is 0 Å². The summed E-state index contributed by atoms with van der Waals surface area (Å²) in [5.74, 6) is 0.813. The molecule has 2 aliphatic carbocycles. The van der Waals surface area contributed by atoms with E-state index in [1.165, 1.54) is 37.7 Å². The maximum atomic E-state index is 5.95. The third-order valence-corrected chi connectivity index (χ3v) is 6.13. The van der Waals surface area contributed by atoms with Crippen LogP contribution in [0.5, 0.6) is 0 Å². The summed E-state index contributed by atoms with van der Waals surface area (Å²) in [5, 5.41) is 8.29. The molecule has 1 saturated heterocycles. The van der Waals surface area contributed by atoms with Gasteiger partial charge in [-0.25, -0.2) is 0 Å². The molecule has 0 bridgehead atoms. The summed E-state index contributed by atoms with van der Waals surface area (Å²) in [6.07, 6.45) is 7.26. The highest BCUT2D eigenvalue weighted by molar-refractivity contribution is 7.07. The van der Waals surface area contributed by atoms with Crippen molar-refractivity contribution in [2.75, 3.05) is 13.2 Å². The van der Waals surface area contributed by atoms with E-state index in [4.69, 9.17) is 4.74 Å². The summed E-state index contributed by atoms with van der Waals surface area (Å²) in [7, 11) is 0. The zero-order chi connectivity index (χ0) is 12.0. The average Bonchev–Trinajstić information content (AvgIpc) is 2.92. The predicted octanol–water partition coefficient (Wildman–Crippen LogP) is 2.84. The number of hydrogen-bond acceptors (Lipinski definition) is 3. The van der Waals surface area contributed by atoms with Crippen molar-refractivity contribution < 1.29 is 4.74 Å². The van der Waals surface area contributed by atoms with Crippen LogP contribution in [0.4, 0.5) is 0 Å². The van der Waals surface area contributed by atoms with Crippen LogP contribution in [0.1, 0.15) is 31.2 Å². The van der Waals surface area contributed by atoms with Crippen LogP contribution >= 0.6 is 11.3 Å². The van der Waals surface area contributed by atoms with Crippen molar-refractivity contribution in [3.05, 3.63) is 22.4 Å². The third kappa shape index (κ3) is 1.54. The maximum Gasteiger partial charge on any atom is 0.0690 e. The van der Waals surface area contributed by atoms with Crippen molar-refractivity contribution in [2.24, 2.45) is 11.3 Å². The van der Waals surface area contributed by atoms with Crippen LogP contribution in [0.15, 0.2) is 16.8 Å². The molecule has 98 valence electrons. The molecule has 0 unspecified atom stereocenters. The van der Waals surface area contributed by atoms with Gasteiger partial charge in [-0.2, -0.15) is 11.3 Å². The second-order valence-electron chi connectivity index (χ2n) is 6.14. The molecule has 4 rings (SSSR count). The normalized spacial score (nSPS) is 36.1. The largest absolute Gasteiger partial charge is 0.377 e. The summed E-state index contributed by atoms with van der Waals surface area (Å²) in [6, 6.07) is 2.99. The summed E-state index contributed by atoms with van der Waals surface area (Å²) >= 11 is 1.80. The monoisotopic (exact) mass is 263 g/mol. The molecule has 1 aromatic heterocycles. The molecule has 1 spiro atoms. The quantitative estimate of drug-likeness (QED) is 0.902. The van der Waals surface area contributed by atoms with Crippen molar-refractivity contribution in [1.82, 2.24) is 5.32 Å². The lowest BCUT2D eigenvalue weighted by Crippen LogP contribution is -2.71. The van der Waals surface area contributed by atoms with E-state index in [-0.39, 0.29) is 0 Å². The van der Waals surface area contributed by atoms with Crippen LogP contribution in [0.2, 0.25) is 0 Å². The van der Waals surface area contributed by atoms with Gasteiger partial charge in [-0.1, -0.05) is 6.42 Å². The smallest absolute Gasteiger partial charge is 0.0690 e. The molecule has 0 radical (unpaired) electrons. The van der Waals surface area contributed by atoms with Gasteiger partial charge in [-0.3, -0.25) is 0 Å². The fourth-order valence-electron chi connectivity index (χ4n) is 4.37. The Bertz CT molecular complexity index is 412. The number of rotatable bonds is 4. The fraction of sp³-hybridized carbons (Fsp3) is 0.733. The van der Waals surface area contributed by atoms with Crippen LogP contribution in [0, 0.1) is 11.3 Å². The van der Waals surface area contributed by atoms with Crippen molar-refractivity contribution in [3.63, 3.8) is 0 Å². The van der Waals surface area contributed by atoms with Crippen molar-refractivity contribution >= 4 is 11.3 Å².